The molecule has 5 rings (SSSR count). The Hall–Kier alpha value is -3.65. The number of sulfonamides is 1. The standard InChI is InChI=1S/C36H34F3NO7S.Na/c1-22-9-10-23-7-5-6-8-29(23)33(22)48(44,45)40(20-28-15-16-32(47-28)36(37,38)39)19-26-13-11-25(18-31(26)46-4)24-12-14-27(21-41)30(17-24)35(2,3)34(42)43;/h5-18,41H,19-21H2,1-4H3,(H,42,43);/q;+1/p-1. The smallest absolute Gasteiger partial charge is 0.549 e. The van der Waals surface area contributed by atoms with Crippen LogP contribution in [0.3, 0.4) is 0 Å². The summed E-state index contributed by atoms with van der Waals surface area (Å²) in [5.41, 5.74) is 1.45. The second-order valence-corrected chi connectivity index (χ2v) is 13.8. The normalized spacial score (nSPS) is 12.3. The zero-order chi connectivity index (χ0) is 35.0. The van der Waals surface area contributed by atoms with Crippen LogP contribution in [0, 0.1) is 6.92 Å². The fourth-order valence-electron chi connectivity index (χ4n) is 5.67. The van der Waals surface area contributed by atoms with Crippen LogP contribution in [0.25, 0.3) is 21.9 Å². The summed E-state index contributed by atoms with van der Waals surface area (Å²) in [5, 5.41) is 22.9. The number of aliphatic hydroxyl groups excluding tert-OH is 1. The van der Waals surface area contributed by atoms with Crippen molar-refractivity contribution in [3.05, 3.63) is 119 Å². The number of carboxylic acids is 1. The second-order valence-electron chi connectivity index (χ2n) is 11.9. The number of ether oxygens (including phenoxy) is 1. The van der Waals surface area contributed by atoms with Crippen LogP contribution in [0.1, 0.15) is 47.6 Å². The molecule has 13 heteroatoms. The number of fused-ring (bicyclic) bond motifs is 1. The molecule has 0 aliphatic heterocycles. The molecule has 252 valence electrons. The first kappa shape index (κ1) is 38.2. The van der Waals surface area contributed by atoms with Crippen LogP contribution >= 0.6 is 0 Å². The largest absolute Gasteiger partial charge is 1.00 e. The summed E-state index contributed by atoms with van der Waals surface area (Å²) in [7, 11) is -2.95. The minimum absolute atomic E-state index is 0. The molecule has 4 aromatic carbocycles. The molecule has 0 bridgehead atoms. The molecule has 0 unspecified atom stereocenters. The summed E-state index contributed by atoms with van der Waals surface area (Å²) in [6, 6.07) is 22.2. The van der Waals surface area contributed by atoms with Gasteiger partial charge < -0.3 is 24.2 Å². The average molecular weight is 704 g/mol. The van der Waals surface area contributed by atoms with Crippen LogP contribution in [0.15, 0.2) is 94.2 Å². The van der Waals surface area contributed by atoms with E-state index in [-0.39, 0.29) is 59.1 Å². The Bertz CT molecular complexity index is 2110. The van der Waals surface area contributed by atoms with Crippen molar-refractivity contribution in [2.24, 2.45) is 0 Å². The minimum atomic E-state index is -4.75. The van der Waals surface area contributed by atoms with Crippen molar-refractivity contribution in [3.63, 3.8) is 0 Å². The monoisotopic (exact) mass is 703 g/mol. The van der Waals surface area contributed by atoms with Crippen LogP contribution in [0.2, 0.25) is 0 Å². The summed E-state index contributed by atoms with van der Waals surface area (Å²) in [6.07, 6.45) is -4.75. The van der Waals surface area contributed by atoms with E-state index < -0.39 is 39.9 Å². The summed E-state index contributed by atoms with van der Waals surface area (Å²) in [5.74, 6) is -2.48. The molecule has 49 heavy (non-hydrogen) atoms. The van der Waals surface area contributed by atoms with Gasteiger partial charge in [-0.05, 0) is 64.4 Å². The third-order valence-corrected chi connectivity index (χ3v) is 10.4. The van der Waals surface area contributed by atoms with E-state index in [1.54, 1.807) is 79.7 Å². The molecule has 1 heterocycles. The zero-order valence-electron chi connectivity index (χ0n) is 27.6. The van der Waals surface area contributed by atoms with Gasteiger partial charge in [0.05, 0.1) is 31.1 Å². The molecule has 0 spiro atoms. The molecule has 1 aromatic heterocycles. The van der Waals surface area contributed by atoms with E-state index in [1.807, 2.05) is 0 Å². The Morgan fingerprint density at radius 1 is 0.918 bits per heavy atom. The number of rotatable bonds is 11. The summed E-state index contributed by atoms with van der Waals surface area (Å²) >= 11 is 0. The summed E-state index contributed by atoms with van der Waals surface area (Å²) in [6.45, 7) is 3.44. The molecule has 0 atom stereocenters. The van der Waals surface area contributed by atoms with E-state index in [4.69, 9.17) is 9.15 Å². The second kappa shape index (κ2) is 14.7. The van der Waals surface area contributed by atoms with E-state index in [1.165, 1.54) is 21.0 Å². The van der Waals surface area contributed by atoms with E-state index in [0.717, 1.165) is 16.4 Å². The van der Waals surface area contributed by atoms with Crippen LogP contribution in [-0.4, -0.2) is 30.9 Å². The van der Waals surface area contributed by atoms with Crippen molar-refractivity contribution in [2.75, 3.05) is 7.11 Å². The van der Waals surface area contributed by atoms with Gasteiger partial charge in [0.25, 0.3) is 0 Å². The number of aryl methyl sites for hydroxylation is 1. The number of aliphatic carboxylic acids is 1. The van der Waals surface area contributed by atoms with E-state index in [9.17, 15) is 36.6 Å². The number of hydrogen-bond acceptors (Lipinski definition) is 7. The molecule has 0 fully saturated rings. The average Bonchev–Trinajstić information content (AvgIpc) is 3.53. The van der Waals surface area contributed by atoms with Crippen molar-refractivity contribution in [1.29, 1.82) is 0 Å². The Balaban J connectivity index is 0.00000541. The molecule has 0 saturated heterocycles. The quantitative estimate of drug-likeness (QED) is 0.210. The fourth-order valence-corrected chi connectivity index (χ4v) is 7.47. The fraction of sp³-hybridized carbons (Fsp3) is 0.250. The van der Waals surface area contributed by atoms with Crippen molar-refractivity contribution in [1.82, 2.24) is 4.31 Å². The Labute approximate surface area is 304 Å². The summed E-state index contributed by atoms with van der Waals surface area (Å²) in [4.78, 5) is 11.9. The number of methoxy groups -OCH3 is 1. The number of nitrogens with zero attached hydrogens (tertiary/aromatic N) is 1. The van der Waals surface area contributed by atoms with Gasteiger partial charge in [-0.3, -0.25) is 0 Å². The van der Waals surface area contributed by atoms with Gasteiger partial charge in [0.2, 0.25) is 15.8 Å². The van der Waals surface area contributed by atoms with Crippen molar-refractivity contribution < 1.29 is 75.3 Å². The van der Waals surface area contributed by atoms with Gasteiger partial charge in [0, 0.05) is 22.9 Å². The predicted molar refractivity (Wildman–Crippen MR) is 171 cm³/mol. The Kier molecular flexibility index (Phi) is 11.4. The molecule has 0 aliphatic carbocycles. The van der Waals surface area contributed by atoms with Crippen LogP contribution in [-0.2, 0) is 46.1 Å². The number of alkyl halides is 3. The molecular weight excluding hydrogens is 670 g/mol. The maximum atomic E-state index is 14.5. The van der Waals surface area contributed by atoms with Gasteiger partial charge in [0.15, 0.2) is 0 Å². The molecule has 0 amide bonds. The van der Waals surface area contributed by atoms with Gasteiger partial charge in [-0.15, -0.1) is 0 Å². The van der Waals surface area contributed by atoms with Gasteiger partial charge in [-0.1, -0.05) is 74.5 Å². The van der Waals surface area contributed by atoms with E-state index in [0.29, 0.717) is 44.2 Å². The van der Waals surface area contributed by atoms with Crippen LogP contribution in [0.4, 0.5) is 13.2 Å². The first-order valence-corrected chi connectivity index (χ1v) is 16.3. The van der Waals surface area contributed by atoms with E-state index in [2.05, 4.69) is 0 Å². The zero-order valence-corrected chi connectivity index (χ0v) is 30.4. The SMILES string of the molecule is COc1cc(-c2ccc(CO)c(C(C)(C)C(=O)[O-])c2)ccc1CN(Cc1ccc(C(F)(F)F)o1)S(=O)(=O)c1c(C)ccc2ccccc12.[Na+]. The van der Waals surface area contributed by atoms with Crippen LogP contribution in [0.5, 0.6) is 5.75 Å². The number of carbonyl (C=O) groups is 1. The summed E-state index contributed by atoms with van der Waals surface area (Å²) < 4.78 is 80.8. The molecular formula is C36H33F3NNaO7S. The van der Waals surface area contributed by atoms with Crippen molar-refractivity contribution in [3.8, 4) is 16.9 Å². The van der Waals surface area contributed by atoms with Crippen molar-refractivity contribution in [2.45, 2.75) is 57.0 Å². The number of hydrogen-bond donors (Lipinski definition) is 1. The van der Waals surface area contributed by atoms with Crippen LogP contribution < -0.4 is 39.4 Å². The third-order valence-electron chi connectivity index (χ3n) is 8.38. The Morgan fingerprint density at radius 3 is 2.18 bits per heavy atom. The predicted octanol–water partition coefficient (Wildman–Crippen LogP) is 3.35. The molecule has 0 radical (unpaired) electrons. The molecule has 1 N–H and O–H groups in total. The number of benzene rings is 4. The maximum Gasteiger partial charge on any atom is 1.00 e. The molecule has 5 aromatic rings. The molecule has 0 saturated carbocycles. The number of aliphatic hydroxyl groups is 1. The Morgan fingerprint density at radius 2 is 1.57 bits per heavy atom. The van der Waals surface area contributed by atoms with Gasteiger partial charge in [0.1, 0.15) is 11.5 Å². The number of carboxylic acid groups (broad SMARTS) is 1. The number of halogens is 3. The topological polar surface area (TPSA) is 120 Å². The maximum absolute atomic E-state index is 14.5. The van der Waals surface area contributed by atoms with E-state index >= 15 is 0 Å². The van der Waals surface area contributed by atoms with Gasteiger partial charge >= 0.3 is 35.7 Å². The number of carbonyl (C=O) groups excluding carboxylic acids is 1. The van der Waals surface area contributed by atoms with Crippen molar-refractivity contribution >= 4 is 26.8 Å². The molecule has 8 nitrogen and oxygen atoms in total. The van der Waals surface area contributed by atoms with Gasteiger partial charge in [-0.25, -0.2) is 8.42 Å². The molecule has 0 aliphatic rings. The number of furan rings is 1. The minimum Gasteiger partial charge on any atom is -0.549 e. The first-order chi connectivity index (χ1) is 22.6. The first-order valence-electron chi connectivity index (χ1n) is 14.8. The third kappa shape index (κ3) is 7.74. The van der Waals surface area contributed by atoms with Gasteiger partial charge in [-0.2, -0.15) is 17.5 Å².